The Bertz CT molecular complexity index is 776. The van der Waals surface area contributed by atoms with E-state index in [0.717, 1.165) is 0 Å². The lowest BCUT2D eigenvalue weighted by Crippen LogP contribution is -2.30. The minimum absolute atomic E-state index is 0.153. The van der Waals surface area contributed by atoms with E-state index in [1.807, 2.05) is 0 Å². The predicted octanol–water partition coefficient (Wildman–Crippen LogP) is 2.75. The van der Waals surface area contributed by atoms with E-state index in [9.17, 15) is 18.2 Å². The zero-order chi connectivity index (χ0) is 17.7. The smallest absolute Gasteiger partial charge is 0.340 e. The van der Waals surface area contributed by atoms with E-state index >= 15 is 0 Å². The van der Waals surface area contributed by atoms with Crippen LogP contribution in [0.25, 0.3) is 0 Å². The largest absolute Gasteiger partial charge is 0.449 e. The lowest BCUT2D eigenvalue weighted by molar-refractivity contribution is -0.123. The Morgan fingerprint density at radius 1 is 1.12 bits per heavy atom. The molecule has 0 bridgehead atoms. The Kier molecular flexibility index (Phi) is 5.81. The number of rotatable bonds is 5. The van der Waals surface area contributed by atoms with E-state index in [0.29, 0.717) is 10.6 Å². The average molecular weight is 349 g/mol. The Morgan fingerprint density at radius 2 is 1.75 bits per heavy atom. The zero-order valence-electron chi connectivity index (χ0n) is 13.1. The van der Waals surface area contributed by atoms with Crippen LogP contribution in [-0.2, 0) is 20.3 Å². The highest BCUT2D eigenvalue weighted by Gasteiger charge is 2.21. The van der Waals surface area contributed by atoms with Gasteiger partial charge >= 0.3 is 5.97 Å². The molecule has 1 amide bonds. The number of esters is 1. The third kappa shape index (κ3) is 4.48. The molecule has 0 fully saturated rings. The van der Waals surface area contributed by atoms with Crippen LogP contribution in [0.4, 0.5) is 10.1 Å². The third-order valence-corrected chi connectivity index (χ3v) is 4.16. The van der Waals surface area contributed by atoms with Gasteiger partial charge in [-0.25, -0.2) is 9.18 Å². The van der Waals surface area contributed by atoms with Gasteiger partial charge in [0.2, 0.25) is 0 Å². The first kappa shape index (κ1) is 17.8. The molecule has 0 aromatic heterocycles. The number of amides is 1. The maximum absolute atomic E-state index is 12.8. The van der Waals surface area contributed by atoms with Crippen molar-refractivity contribution in [2.45, 2.75) is 17.9 Å². The minimum atomic E-state index is -1.36. The van der Waals surface area contributed by atoms with Gasteiger partial charge < -0.3 is 10.1 Å². The summed E-state index contributed by atoms with van der Waals surface area (Å²) in [6, 6.07) is 11.6. The quantitative estimate of drug-likeness (QED) is 0.843. The van der Waals surface area contributed by atoms with Crippen molar-refractivity contribution in [3.05, 3.63) is 59.9 Å². The summed E-state index contributed by atoms with van der Waals surface area (Å²) in [5, 5.41) is 2.52. The molecule has 24 heavy (non-hydrogen) atoms. The maximum atomic E-state index is 12.8. The summed E-state index contributed by atoms with van der Waals surface area (Å²) >= 11 is 0. The van der Waals surface area contributed by atoms with Crippen LogP contribution in [0.15, 0.2) is 53.4 Å². The maximum Gasteiger partial charge on any atom is 0.340 e. The molecule has 2 aromatic carbocycles. The van der Waals surface area contributed by atoms with Crippen LogP contribution in [0.5, 0.6) is 0 Å². The van der Waals surface area contributed by atoms with E-state index in [2.05, 4.69) is 5.32 Å². The first-order valence-corrected chi connectivity index (χ1v) is 8.64. The monoisotopic (exact) mass is 349 g/mol. The first-order valence-electron chi connectivity index (χ1n) is 7.08. The van der Waals surface area contributed by atoms with Gasteiger partial charge in [0.05, 0.1) is 21.3 Å². The highest BCUT2D eigenvalue weighted by atomic mass is 32.2. The number of ether oxygens (including phenoxy) is 1. The number of anilines is 1. The molecular formula is C17H16FNO4S. The van der Waals surface area contributed by atoms with Gasteiger partial charge in [0.15, 0.2) is 6.10 Å². The van der Waals surface area contributed by atoms with Gasteiger partial charge in [-0.15, -0.1) is 0 Å². The molecular weight excluding hydrogens is 333 g/mol. The molecule has 0 aliphatic heterocycles. The van der Waals surface area contributed by atoms with Crippen molar-refractivity contribution in [3.63, 3.8) is 0 Å². The molecule has 2 atom stereocenters. The van der Waals surface area contributed by atoms with Crippen molar-refractivity contribution in [2.75, 3.05) is 11.6 Å². The van der Waals surface area contributed by atoms with Crippen molar-refractivity contribution >= 4 is 28.4 Å². The van der Waals surface area contributed by atoms with Crippen molar-refractivity contribution in [1.29, 1.82) is 0 Å². The molecule has 0 radical (unpaired) electrons. The van der Waals surface area contributed by atoms with Crippen molar-refractivity contribution < 1.29 is 22.9 Å². The number of benzene rings is 2. The van der Waals surface area contributed by atoms with Crippen LogP contribution in [-0.4, -0.2) is 28.4 Å². The summed E-state index contributed by atoms with van der Waals surface area (Å²) in [4.78, 5) is 24.6. The van der Waals surface area contributed by atoms with Crippen LogP contribution < -0.4 is 5.32 Å². The summed E-state index contributed by atoms with van der Waals surface area (Å²) in [5.41, 5.74) is 0.541. The fourth-order valence-electron chi connectivity index (χ4n) is 1.94. The second-order valence-corrected chi connectivity index (χ2v) is 6.34. The molecule has 126 valence electrons. The lowest BCUT2D eigenvalue weighted by Gasteiger charge is -2.14. The molecule has 0 saturated heterocycles. The van der Waals surface area contributed by atoms with Crippen LogP contribution >= 0.6 is 0 Å². The molecule has 2 rings (SSSR count). The van der Waals surface area contributed by atoms with Crippen LogP contribution in [0, 0.1) is 5.82 Å². The van der Waals surface area contributed by atoms with Crippen molar-refractivity contribution in [1.82, 2.24) is 0 Å². The van der Waals surface area contributed by atoms with Gasteiger partial charge in [-0.2, -0.15) is 0 Å². The number of hydrogen-bond donors (Lipinski definition) is 1. The summed E-state index contributed by atoms with van der Waals surface area (Å²) < 4.78 is 29.6. The highest BCUT2D eigenvalue weighted by molar-refractivity contribution is 7.84. The minimum Gasteiger partial charge on any atom is -0.449 e. The molecule has 0 unspecified atom stereocenters. The Morgan fingerprint density at radius 3 is 2.38 bits per heavy atom. The fourth-order valence-corrected chi connectivity index (χ4v) is 2.67. The number of hydrogen-bond acceptors (Lipinski definition) is 4. The molecule has 0 aliphatic carbocycles. The van der Waals surface area contributed by atoms with Gasteiger partial charge in [-0.3, -0.25) is 9.00 Å². The zero-order valence-corrected chi connectivity index (χ0v) is 13.9. The third-order valence-electron chi connectivity index (χ3n) is 3.18. The standard InChI is InChI=1S/C17H16FNO4S/c1-11(16(20)19-13-9-7-12(18)8-10-13)23-17(21)14-5-3-4-6-15(14)24(2)22/h3-11H,1-2H3,(H,19,20)/t11-,24-/m1/s1. The summed E-state index contributed by atoms with van der Waals surface area (Å²) in [6.07, 6.45) is 0.387. The second-order valence-electron chi connectivity index (χ2n) is 4.99. The van der Waals surface area contributed by atoms with E-state index in [1.165, 1.54) is 43.5 Å². The SMILES string of the molecule is C[C@@H](OC(=O)c1ccccc1[S@@](C)=O)C(=O)Nc1ccc(F)cc1. The van der Waals surface area contributed by atoms with Crippen LogP contribution in [0.3, 0.4) is 0 Å². The molecule has 0 heterocycles. The average Bonchev–Trinajstić information content (AvgIpc) is 2.56. The van der Waals surface area contributed by atoms with Crippen molar-refractivity contribution in [3.8, 4) is 0 Å². The number of halogens is 1. The van der Waals surface area contributed by atoms with Gasteiger partial charge in [0.1, 0.15) is 5.82 Å². The molecule has 7 heteroatoms. The molecule has 0 spiro atoms. The Balaban J connectivity index is 2.04. The molecule has 2 aromatic rings. The molecule has 5 nitrogen and oxygen atoms in total. The topological polar surface area (TPSA) is 72.5 Å². The van der Waals surface area contributed by atoms with Gasteiger partial charge in [0, 0.05) is 11.9 Å². The van der Waals surface area contributed by atoms with Crippen LogP contribution in [0.1, 0.15) is 17.3 Å². The number of carbonyl (C=O) groups excluding carboxylic acids is 2. The Labute approximate surface area is 141 Å². The molecule has 1 N–H and O–H groups in total. The highest BCUT2D eigenvalue weighted by Crippen LogP contribution is 2.15. The normalized spacial score (nSPS) is 13.0. The predicted molar refractivity (Wildman–Crippen MR) is 88.7 cm³/mol. The summed E-state index contributed by atoms with van der Waals surface area (Å²) in [5.74, 6) is -1.70. The number of carbonyl (C=O) groups is 2. The van der Waals surface area contributed by atoms with Crippen molar-refractivity contribution in [2.24, 2.45) is 0 Å². The van der Waals surface area contributed by atoms with E-state index in [-0.39, 0.29) is 5.56 Å². The molecule has 0 aliphatic rings. The van der Waals surface area contributed by atoms with Gasteiger partial charge in [-0.1, -0.05) is 12.1 Å². The molecule has 0 saturated carbocycles. The summed E-state index contributed by atoms with van der Waals surface area (Å²) in [6.45, 7) is 1.42. The van der Waals surface area contributed by atoms with Crippen LogP contribution in [0.2, 0.25) is 0 Å². The van der Waals surface area contributed by atoms with Gasteiger partial charge in [-0.05, 0) is 43.3 Å². The van der Waals surface area contributed by atoms with E-state index < -0.39 is 34.6 Å². The lowest BCUT2D eigenvalue weighted by atomic mass is 10.2. The van der Waals surface area contributed by atoms with Gasteiger partial charge in [0.25, 0.3) is 5.91 Å². The summed E-state index contributed by atoms with van der Waals surface area (Å²) in [7, 11) is -1.36. The van der Waals surface area contributed by atoms with E-state index in [1.54, 1.807) is 18.2 Å². The first-order chi connectivity index (χ1) is 11.4. The second kappa shape index (κ2) is 7.83. The Hall–Kier alpha value is -2.54. The fraction of sp³-hybridized carbons (Fsp3) is 0.176. The van der Waals surface area contributed by atoms with E-state index in [4.69, 9.17) is 4.74 Å². The number of nitrogens with one attached hydrogen (secondary N) is 1.